The van der Waals surface area contributed by atoms with Gasteiger partial charge in [-0.3, -0.25) is 28.8 Å². The van der Waals surface area contributed by atoms with Crippen molar-refractivity contribution in [2.45, 2.75) is 127 Å². The molecule has 3 amide bonds. The molecule has 2 aromatic carbocycles. The van der Waals surface area contributed by atoms with Crippen LogP contribution >= 0.6 is 0 Å². The van der Waals surface area contributed by atoms with Gasteiger partial charge >= 0.3 is 11.9 Å². The fraction of sp³-hybridized carbons (Fsp3) is 0.578. The zero-order valence-corrected chi connectivity index (χ0v) is 34.9. The Morgan fingerprint density at radius 2 is 1.73 bits per heavy atom. The molecule has 2 aromatic rings. The van der Waals surface area contributed by atoms with E-state index in [-0.39, 0.29) is 56.7 Å². The largest absolute Gasteiger partial charge is 0.460 e. The predicted octanol–water partition coefficient (Wildman–Crippen LogP) is 3.42. The summed E-state index contributed by atoms with van der Waals surface area (Å²) >= 11 is 0. The summed E-state index contributed by atoms with van der Waals surface area (Å²) in [6.45, 7) is 5.10. The highest BCUT2D eigenvalue weighted by Gasteiger charge is 2.78. The second-order valence-corrected chi connectivity index (χ2v) is 18.3. The average Bonchev–Trinajstić information content (AvgIpc) is 4.16. The summed E-state index contributed by atoms with van der Waals surface area (Å²) in [5, 5.41) is 17.4. The maximum atomic E-state index is 15.0. The topological polar surface area (TPSA) is 182 Å². The van der Waals surface area contributed by atoms with E-state index < -0.39 is 77.1 Å². The number of hydrogen-bond acceptors (Lipinski definition) is 12. The van der Waals surface area contributed by atoms with Gasteiger partial charge in [-0.25, -0.2) is 0 Å². The Morgan fingerprint density at radius 3 is 2.42 bits per heavy atom. The van der Waals surface area contributed by atoms with E-state index in [0.717, 1.165) is 36.8 Å². The number of hydrogen-bond donors (Lipinski definition) is 3. The number of nitrogens with zero attached hydrogens (tertiary/aromatic N) is 2. The number of aliphatic hydroxyl groups is 1. The van der Waals surface area contributed by atoms with E-state index >= 15 is 0 Å². The van der Waals surface area contributed by atoms with Gasteiger partial charge in [-0.2, -0.15) is 5.06 Å². The third-order valence-electron chi connectivity index (χ3n) is 12.4. The number of carbonyl (C=O) groups excluding carboxylic acids is 5. The number of benzene rings is 2. The van der Waals surface area contributed by atoms with Crippen molar-refractivity contribution in [3.8, 4) is 0 Å². The van der Waals surface area contributed by atoms with Crippen LogP contribution in [0, 0.1) is 17.3 Å². The molecule has 0 unspecified atom stereocenters. The molecule has 0 spiro atoms. The van der Waals surface area contributed by atoms with E-state index in [1.807, 2.05) is 24.3 Å². The summed E-state index contributed by atoms with van der Waals surface area (Å²) in [4.78, 5) is 75.5. The molecule has 2 bridgehead atoms. The van der Waals surface area contributed by atoms with Gasteiger partial charge in [0.05, 0.1) is 19.2 Å². The Morgan fingerprint density at radius 1 is 1.02 bits per heavy atom. The SMILES string of the molecule is CN(C)C(=O)C=Cc1ccccc1CN1O[C@@H]2[C@H]3OC(C4CC4)(C4CC4)O[C@H]3[C@@H]3C[C@]2(C(=O)NCc2cccc(C(=O)N[C@H](CO)CCC(=O)OC(C)(C)C)c2)[C@@H]1C(=O)O3. The first-order valence-corrected chi connectivity index (χ1v) is 21.1. The van der Waals surface area contributed by atoms with Crippen molar-refractivity contribution < 1.29 is 52.9 Å². The monoisotopic (exact) mass is 828 g/mol. The molecule has 3 aliphatic carbocycles. The second-order valence-electron chi connectivity index (χ2n) is 18.3. The van der Waals surface area contributed by atoms with Gasteiger partial charge in [0.2, 0.25) is 11.8 Å². The standard InChI is InChI=1S/C45H56N4O11/c1-43(2,3)57-35(52)20-18-32(25-50)47-40(53)28-12-8-9-26(21-28)23-46-42(55)44-22-33-36-37(59-45(58-36,30-14-15-30)31-16-17-31)39(44)60-49(38(44)41(54)56-33)24-29-11-7-6-10-27(29)13-19-34(51)48(4)5/h6-13,19,21,30-33,36-39,50H,14-18,20,22-25H2,1-5H3,(H,46,55)(H,47,53)/t32-,33-,36-,37-,38-,39+,44-/m0/s1. The van der Waals surface area contributed by atoms with Crippen molar-refractivity contribution in [1.82, 2.24) is 20.6 Å². The van der Waals surface area contributed by atoms with Crippen LogP contribution in [-0.2, 0) is 56.1 Å². The lowest BCUT2D eigenvalue weighted by Gasteiger charge is -2.48. The maximum absolute atomic E-state index is 15.0. The Labute approximate surface area is 350 Å². The number of esters is 2. The van der Waals surface area contributed by atoms with Gasteiger partial charge in [-0.15, -0.1) is 0 Å². The molecule has 6 fully saturated rings. The molecular formula is C45H56N4O11. The zero-order valence-electron chi connectivity index (χ0n) is 34.9. The number of nitrogens with one attached hydrogen (secondary N) is 2. The number of rotatable bonds is 15. The van der Waals surface area contributed by atoms with Crippen LogP contribution in [0.3, 0.4) is 0 Å². The van der Waals surface area contributed by atoms with Crippen LogP contribution in [0.25, 0.3) is 6.08 Å². The molecule has 322 valence electrons. The quantitative estimate of drug-likeness (QED) is 0.176. The molecule has 3 saturated carbocycles. The van der Waals surface area contributed by atoms with Gasteiger partial charge in [0.1, 0.15) is 35.4 Å². The summed E-state index contributed by atoms with van der Waals surface area (Å²) < 4.78 is 25.4. The van der Waals surface area contributed by atoms with E-state index in [9.17, 15) is 29.1 Å². The van der Waals surface area contributed by atoms with Crippen LogP contribution in [0.5, 0.6) is 0 Å². The molecule has 15 heteroatoms. The van der Waals surface area contributed by atoms with E-state index in [0.29, 0.717) is 11.1 Å². The first-order valence-electron chi connectivity index (χ1n) is 21.1. The molecular weight excluding hydrogens is 773 g/mol. The van der Waals surface area contributed by atoms with Crippen molar-refractivity contribution in [2.24, 2.45) is 17.3 Å². The lowest BCUT2D eigenvalue weighted by atomic mass is 9.62. The third-order valence-corrected chi connectivity index (χ3v) is 12.4. The maximum Gasteiger partial charge on any atom is 0.327 e. The second kappa shape index (κ2) is 16.3. The average molecular weight is 829 g/mol. The van der Waals surface area contributed by atoms with Crippen LogP contribution in [0.4, 0.5) is 0 Å². The molecule has 7 atom stereocenters. The number of ether oxygens (including phenoxy) is 4. The predicted molar refractivity (Wildman–Crippen MR) is 215 cm³/mol. The highest BCUT2D eigenvalue weighted by Crippen LogP contribution is 2.63. The van der Waals surface area contributed by atoms with Crippen LogP contribution in [0.15, 0.2) is 54.6 Å². The minimum Gasteiger partial charge on any atom is -0.460 e. The zero-order chi connectivity index (χ0) is 42.6. The number of likely N-dealkylation sites (N-methyl/N-ethyl adjacent to an activating group) is 1. The Balaban J connectivity index is 1.03. The van der Waals surface area contributed by atoms with Crippen molar-refractivity contribution >= 4 is 35.7 Å². The molecule has 60 heavy (non-hydrogen) atoms. The summed E-state index contributed by atoms with van der Waals surface area (Å²) in [7, 11) is 3.35. The number of carbonyl (C=O) groups is 5. The van der Waals surface area contributed by atoms with Crippen molar-refractivity contribution in [3.63, 3.8) is 0 Å². The molecule has 15 nitrogen and oxygen atoms in total. The number of amides is 3. The number of fused-ring (bicyclic) bond motifs is 4. The van der Waals surface area contributed by atoms with Crippen molar-refractivity contribution in [2.75, 3.05) is 20.7 Å². The summed E-state index contributed by atoms with van der Waals surface area (Å²) in [6, 6.07) is 12.5. The summed E-state index contributed by atoms with van der Waals surface area (Å²) in [5.74, 6) is -2.37. The first-order chi connectivity index (χ1) is 28.6. The Hall–Kier alpha value is -4.67. The van der Waals surface area contributed by atoms with Crippen molar-refractivity contribution in [3.05, 3.63) is 76.9 Å². The Bertz CT molecular complexity index is 2030. The van der Waals surface area contributed by atoms with Gasteiger partial charge in [0, 0.05) is 57.0 Å². The number of hydroxylamine groups is 2. The fourth-order valence-electron chi connectivity index (χ4n) is 9.32. The number of aliphatic hydroxyl groups excluding tert-OH is 1. The molecule has 3 saturated heterocycles. The van der Waals surface area contributed by atoms with Gasteiger partial charge in [-0.1, -0.05) is 36.4 Å². The first kappa shape index (κ1) is 42.0. The molecule has 3 N–H and O–H groups in total. The van der Waals surface area contributed by atoms with Crippen molar-refractivity contribution in [1.29, 1.82) is 0 Å². The summed E-state index contributed by atoms with van der Waals surface area (Å²) in [5.41, 5.74) is 0.414. The molecule has 3 aliphatic heterocycles. The van der Waals surface area contributed by atoms with Crippen LogP contribution in [0.1, 0.15) is 92.8 Å². The highest BCUT2D eigenvalue weighted by atomic mass is 16.8. The lowest BCUT2D eigenvalue weighted by molar-refractivity contribution is -0.235. The van der Waals surface area contributed by atoms with E-state index in [1.54, 1.807) is 70.3 Å². The minimum atomic E-state index is -1.41. The Kier molecular flexibility index (Phi) is 11.4. The van der Waals surface area contributed by atoms with Crippen LogP contribution in [-0.4, -0.2) is 113 Å². The van der Waals surface area contributed by atoms with Gasteiger partial charge in [-0.05, 0) is 87.8 Å². The smallest absolute Gasteiger partial charge is 0.327 e. The highest BCUT2D eigenvalue weighted by molar-refractivity contribution is 5.95. The summed E-state index contributed by atoms with van der Waals surface area (Å²) in [6.07, 6.45) is 4.65. The lowest BCUT2D eigenvalue weighted by Crippen LogP contribution is -2.69. The van der Waals surface area contributed by atoms with Crippen LogP contribution < -0.4 is 10.6 Å². The minimum absolute atomic E-state index is 0.0242. The fourth-order valence-corrected chi connectivity index (χ4v) is 9.32. The van der Waals surface area contributed by atoms with Gasteiger partial charge in [0.25, 0.3) is 5.91 Å². The normalized spacial score (nSPS) is 28.4. The van der Waals surface area contributed by atoms with E-state index in [4.69, 9.17) is 23.8 Å². The molecule has 8 rings (SSSR count). The van der Waals surface area contributed by atoms with Gasteiger partial charge < -0.3 is 39.6 Å². The molecule has 0 radical (unpaired) electrons. The molecule has 6 aliphatic rings. The van der Waals surface area contributed by atoms with E-state index in [2.05, 4.69) is 10.6 Å². The van der Waals surface area contributed by atoms with Gasteiger partial charge in [0.15, 0.2) is 11.8 Å². The molecule has 0 aromatic heterocycles. The van der Waals surface area contributed by atoms with Crippen LogP contribution in [0.2, 0.25) is 0 Å². The third kappa shape index (κ3) is 8.22. The van der Waals surface area contributed by atoms with E-state index in [1.165, 1.54) is 11.0 Å². The molecule has 3 heterocycles.